The van der Waals surface area contributed by atoms with Gasteiger partial charge in [-0.25, -0.2) is 8.78 Å². The number of ether oxygens (including phenoxy) is 1. The van der Waals surface area contributed by atoms with Crippen LogP contribution in [0.4, 0.5) is 17.6 Å². The first-order valence-corrected chi connectivity index (χ1v) is 6.51. The lowest BCUT2D eigenvalue weighted by atomic mass is 10.1. The standard InChI is InChI=1S/C14H17F4NO2/c1-5-21-13-11(17)9(15)8(10(16)12(13)18)14(20)19-7(4)6(2)3/h6-7H,5H2,1-4H3,(H,19,20). The van der Waals surface area contributed by atoms with Crippen LogP contribution in [0.25, 0.3) is 0 Å². The van der Waals surface area contributed by atoms with Gasteiger partial charge >= 0.3 is 0 Å². The second-order valence-corrected chi connectivity index (χ2v) is 4.90. The minimum absolute atomic E-state index is 0.0162. The maximum absolute atomic E-state index is 13.8. The molecule has 3 nitrogen and oxygen atoms in total. The van der Waals surface area contributed by atoms with Crippen molar-refractivity contribution in [1.29, 1.82) is 0 Å². The summed E-state index contributed by atoms with van der Waals surface area (Å²) in [5.41, 5.74) is -1.29. The molecule has 0 bridgehead atoms. The Morgan fingerprint density at radius 1 is 1.05 bits per heavy atom. The molecule has 0 radical (unpaired) electrons. The zero-order valence-electron chi connectivity index (χ0n) is 12.2. The molecule has 21 heavy (non-hydrogen) atoms. The van der Waals surface area contributed by atoms with Gasteiger partial charge < -0.3 is 10.1 Å². The van der Waals surface area contributed by atoms with Crippen molar-refractivity contribution in [1.82, 2.24) is 5.32 Å². The molecule has 1 N–H and O–H groups in total. The van der Waals surface area contributed by atoms with Gasteiger partial charge in [-0.2, -0.15) is 8.78 Å². The van der Waals surface area contributed by atoms with Gasteiger partial charge in [0.05, 0.1) is 6.61 Å². The minimum Gasteiger partial charge on any atom is -0.488 e. The molecule has 0 fully saturated rings. The van der Waals surface area contributed by atoms with Gasteiger partial charge in [0.15, 0.2) is 17.4 Å². The summed E-state index contributed by atoms with van der Waals surface area (Å²) in [7, 11) is 0. The summed E-state index contributed by atoms with van der Waals surface area (Å²) in [5.74, 6) is -9.39. The molecule has 1 rings (SSSR count). The number of benzene rings is 1. The highest BCUT2D eigenvalue weighted by molar-refractivity contribution is 5.95. The lowest BCUT2D eigenvalue weighted by Crippen LogP contribution is -2.37. The quantitative estimate of drug-likeness (QED) is 0.668. The Bertz CT molecular complexity index is 517. The first kappa shape index (κ1) is 17.3. The third-order valence-corrected chi connectivity index (χ3v) is 3.10. The van der Waals surface area contributed by atoms with Crippen molar-refractivity contribution in [2.45, 2.75) is 33.7 Å². The van der Waals surface area contributed by atoms with Crippen LogP contribution in [0.3, 0.4) is 0 Å². The van der Waals surface area contributed by atoms with Crippen LogP contribution in [0, 0.1) is 29.2 Å². The van der Waals surface area contributed by atoms with Crippen LogP contribution in [-0.2, 0) is 0 Å². The Labute approximate surface area is 120 Å². The number of carbonyl (C=O) groups is 1. The average Bonchev–Trinajstić information content (AvgIpc) is 2.41. The molecular weight excluding hydrogens is 290 g/mol. The summed E-state index contributed by atoms with van der Waals surface area (Å²) in [6.45, 7) is 6.38. The van der Waals surface area contributed by atoms with E-state index in [-0.39, 0.29) is 12.5 Å². The number of carbonyl (C=O) groups excluding carboxylic acids is 1. The van der Waals surface area contributed by atoms with Gasteiger partial charge in [-0.1, -0.05) is 13.8 Å². The predicted molar refractivity (Wildman–Crippen MR) is 69.2 cm³/mol. The molecule has 1 amide bonds. The molecule has 0 saturated carbocycles. The van der Waals surface area contributed by atoms with Crippen molar-refractivity contribution < 1.29 is 27.1 Å². The highest BCUT2D eigenvalue weighted by Crippen LogP contribution is 2.30. The van der Waals surface area contributed by atoms with E-state index in [4.69, 9.17) is 0 Å². The molecule has 0 aliphatic carbocycles. The summed E-state index contributed by atoms with van der Waals surface area (Å²) < 4.78 is 59.5. The smallest absolute Gasteiger partial charge is 0.257 e. The van der Waals surface area contributed by atoms with Crippen molar-refractivity contribution >= 4 is 5.91 Å². The van der Waals surface area contributed by atoms with Gasteiger partial charge in [0.2, 0.25) is 11.6 Å². The maximum atomic E-state index is 13.8. The van der Waals surface area contributed by atoms with Crippen LogP contribution < -0.4 is 10.1 Å². The topological polar surface area (TPSA) is 38.3 Å². The van der Waals surface area contributed by atoms with E-state index in [2.05, 4.69) is 10.1 Å². The number of hydrogen-bond acceptors (Lipinski definition) is 2. The average molecular weight is 307 g/mol. The first-order chi connectivity index (χ1) is 9.72. The van der Waals surface area contributed by atoms with E-state index in [0.717, 1.165) is 0 Å². The van der Waals surface area contributed by atoms with Crippen LogP contribution in [0.2, 0.25) is 0 Å². The van der Waals surface area contributed by atoms with Gasteiger partial charge in [-0.05, 0) is 19.8 Å². The molecule has 0 aromatic heterocycles. The highest BCUT2D eigenvalue weighted by atomic mass is 19.2. The van der Waals surface area contributed by atoms with Crippen LogP contribution in [0.1, 0.15) is 38.1 Å². The fraction of sp³-hybridized carbons (Fsp3) is 0.500. The molecule has 118 valence electrons. The predicted octanol–water partition coefficient (Wildman–Crippen LogP) is 3.42. The normalized spacial score (nSPS) is 12.4. The largest absolute Gasteiger partial charge is 0.488 e. The monoisotopic (exact) mass is 307 g/mol. The molecule has 0 aliphatic heterocycles. The molecular formula is C14H17F4NO2. The molecule has 1 aromatic carbocycles. The van der Waals surface area contributed by atoms with Crippen molar-refractivity contribution in [3.63, 3.8) is 0 Å². The second kappa shape index (κ2) is 6.78. The van der Waals surface area contributed by atoms with Crippen LogP contribution in [0.15, 0.2) is 0 Å². The summed E-state index contributed by atoms with van der Waals surface area (Å²) in [4.78, 5) is 11.8. The molecule has 1 atom stereocenters. The van der Waals surface area contributed by atoms with Crippen molar-refractivity contribution in [2.24, 2.45) is 5.92 Å². The Kier molecular flexibility index (Phi) is 5.57. The molecule has 0 spiro atoms. The molecule has 0 saturated heterocycles. The lowest BCUT2D eigenvalue weighted by Gasteiger charge is -2.18. The van der Waals surface area contributed by atoms with Gasteiger partial charge in [-0.3, -0.25) is 4.79 Å². The summed E-state index contributed by atoms with van der Waals surface area (Å²) in [6.07, 6.45) is 0. The van der Waals surface area contributed by atoms with E-state index >= 15 is 0 Å². The molecule has 0 heterocycles. The van der Waals surface area contributed by atoms with Gasteiger partial charge in [0.25, 0.3) is 5.91 Å². The second-order valence-electron chi connectivity index (χ2n) is 4.90. The number of rotatable bonds is 5. The van der Waals surface area contributed by atoms with E-state index in [0.29, 0.717) is 0 Å². The zero-order valence-corrected chi connectivity index (χ0v) is 12.2. The summed E-state index contributed by atoms with van der Waals surface area (Å²) in [5, 5.41) is 2.29. The minimum atomic E-state index is -1.77. The van der Waals surface area contributed by atoms with Crippen molar-refractivity contribution in [3.05, 3.63) is 28.8 Å². The van der Waals surface area contributed by atoms with Crippen molar-refractivity contribution in [2.75, 3.05) is 6.61 Å². The van der Waals surface area contributed by atoms with Crippen molar-refractivity contribution in [3.8, 4) is 5.75 Å². The van der Waals surface area contributed by atoms with Crippen LogP contribution in [-0.4, -0.2) is 18.6 Å². The molecule has 7 heteroatoms. The summed E-state index contributed by atoms with van der Waals surface area (Å²) >= 11 is 0. The third kappa shape index (κ3) is 3.46. The molecule has 1 aromatic rings. The van der Waals surface area contributed by atoms with E-state index in [1.165, 1.54) is 6.92 Å². The van der Waals surface area contributed by atoms with Crippen LogP contribution >= 0.6 is 0 Å². The number of hydrogen-bond donors (Lipinski definition) is 1. The highest BCUT2D eigenvalue weighted by Gasteiger charge is 2.31. The Morgan fingerprint density at radius 3 is 1.90 bits per heavy atom. The number of nitrogens with one attached hydrogen (secondary N) is 1. The van der Waals surface area contributed by atoms with E-state index in [1.54, 1.807) is 20.8 Å². The van der Waals surface area contributed by atoms with E-state index in [9.17, 15) is 22.4 Å². The zero-order chi connectivity index (χ0) is 16.3. The number of halogens is 4. The van der Waals surface area contributed by atoms with Gasteiger partial charge in [0, 0.05) is 6.04 Å². The van der Waals surface area contributed by atoms with E-state index < -0.39 is 46.5 Å². The SMILES string of the molecule is CCOc1c(F)c(F)c(C(=O)NC(C)C(C)C)c(F)c1F. The Morgan fingerprint density at radius 2 is 1.52 bits per heavy atom. The van der Waals surface area contributed by atoms with Gasteiger partial charge in [-0.15, -0.1) is 0 Å². The van der Waals surface area contributed by atoms with Gasteiger partial charge in [0.1, 0.15) is 5.56 Å². The van der Waals surface area contributed by atoms with Crippen LogP contribution in [0.5, 0.6) is 5.75 Å². The summed E-state index contributed by atoms with van der Waals surface area (Å²) in [6, 6.07) is -0.422. The Hall–Kier alpha value is -1.79. The fourth-order valence-corrected chi connectivity index (χ4v) is 1.53. The fourth-order valence-electron chi connectivity index (χ4n) is 1.53. The molecule has 1 unspecified atom stereocenters. The van der Waals surface area contributed by atoms with E-state index in [1.807, 2.05) is 0 Å². The third-order valence-electron chi connectivity index (χ3n) is 3.10. The number of amides is 1. The lowest BCUT2D eigenvalue weighted by molar-refractivity contribution is 0.0918. The maximum Gasteiger partial charge on any atom is 0.257 e. The first-order valence-electron chi connectivity index (χ1n) is 6.51. The Balaban J connectivity index is 3.29. The molecule has 0 aliphatic rings.